The van der Waals surface area contributed by atoms with Crippen molar-refractivity contribution in [1.82, 2.24) is 14.6 Å². The third-order valence-electron chi connectivity index (χ3n) is 5.63. The second-order valence-corrected chi connectivity index (χ2v) is 9.07. The van der Waals surface area contributed by atoms with Gasteiger partial charge in [-0.1, -0.05) is 41.8 Å². The largest absolute Gasteiger partial charge is 0.425 e. The maximum atomic E-state index is 12.7. The van der Waals surface area contributed by atoms with E-state index in [4.69, 9.17) is 39.4 Å². The first kappa shape index (κ1) is 24.9. The Labute approximate surface area is 211 Å². The van der Waals surface area contributed by atoms with Crippen molar-refractivity contribution in [2.75, 3.05) is 6.54 Å². The third-order valence-corrected chi connectivity index (χ3v) is 6.12. The smallest absolute Gasteiger partial charge is 0.328 e. The number of hydrogen-bond donors (Lipinski definition) is 3. The van der Waals surface area contributed by atoms with Gasteiger partial charge in [0.2, 0.25) is 0 Å². The number of nitrogens with one attached hydrogen (secondary N) is 1. The zero-order valence-corrected chi connectivity index (χ0v) is 20.6. The monoisotopic (exact) mass is 513 g/mol. The number of aromatic nitrogens is 3. The molecular formula is C25H25Cl2N5O3. The Bertz CT molecular complexity index is 1430. The van der Waals surface area contributed by atoms with Gasteiger partial charge in [0, 0.05) is 33.3 Å². The lowest BCUT2D eigenvalue weighted by atomic mass is 10.1. The zero-order chi connectivity index (χ0) is 25.1. The Morgan fingerprint density at radius 1 is 1.11 bits per heavy atom. The lowest BCUT2D eigenvalue weighted by molar-refractivity contribution is -0.136. The maximum absolute atomic E-state index is 12.7. The fraction of sp³-hybridized carbons (Fsp3) is 0.240. The van der Waals surface area contributed by atoms with Crippen LogP contribution in [0.5, 0.6) is 5.75 Å². The summed E-state index contributed by atoms with van der Waals surface area (Å²) < 4.78 is 7.26. The van der Waals surface area contributed by atoms with Crippen molar-refractivity contribution in [3.05, 3.63) is 74.6 Å². The van der Waals surface area contributed by atoms with Gasteiger partial charge in [-0.15, -0.1) is 0 Å². The van der Waals surface area contributed by atoms with Crippen LogP contribution in [-0.4, -0.2) is 33.2 Å². The Morgan fingerprint density at radius 3 is 2.54 bits per heavy atom. The minimum atomic E-state index is -0.809. The first-order chi connectivity index (χ1) is 16.8. The van der Waals surface area contributed by atoms with Crippen LogP contribution in [0.3, 0.4) is 0 Å². The average molecular weight is 514 g/mol. The van der Waals surface area contributed by atoms with Crippen LogP contribution in [0.25, 0.3) is 28.0 Å². The van der Waals surface area contributed by atoms with Crippen LogP contribution in [0.1, 0.15) is 25.0 Å². The van der Waals surface area contributed by atoms with Gasteiger partial charge in [0.05, 0.1) is 11.4 Å². The van der Waals surface area contributed by atoms with Crippen LogP contribution in [0.15, 0.2) is 53.3 Å². The van der Waals surface area contributed by atoms with Gasteiger partial charge in [0.1, 0.15) is 17.4 Å². The summed E-state index contributed by atoms with van der Waals surface area (Å²) in [4.78, 5) is 28.2. The zero-order valence-electron chi connectivity index (χ0n) is 19.1. The summed E-state index contributed by atoms with van der Waals surface area (Å²) in [6, 6.07) is 12.7. The van der Waals surface area contributed by atoms with Crippen molar-refractivity contribution >= 4 is 34.8 Å². The number of aryl methyl sites for hydroxylation is 1. The molecule has 4 rings (SSSR count). The Hall–Kier alpha value is -3.17. The fourth-order valence-corrected chi connectivity index (χ4v) is 4.20. The van der Waals surface area contributed by atoms with E-state index in [-0.39, 0.29) is 11.3 Å². The quantitative estimate of drug-likeness (QED) is 0.182. The number of aromatic amines is 1. The summed E-state index contributed by atoms with van der Waals surface area (Å²) >= 11 is 12.2. The molecule has 5 N–H and O–H groups in total. The molecule has 4 aromatic rings. The Balaban J connectivity index is 1.80. The summed E-state index contributed by atoms with van der Waals surface area (Å²) in [6.45, 7) is 2.38. The predicted octanol–water partition coefficient (Wildman–Crippen LogP) is 4.33. The topological polar surface area (TPSA) is 128 Å². The van der Waals surface area contributed by atoms with Crippen molar-refractivity contribution in [1.29, 1.82) is 0 Å². The molecule has 0 bridgehead atoms. The lowest BCUT2D eigenvalue weighted by Gasteiger charge is -2.15. The molecule has 0 unspecified atom stereocenters. The minimum absolute atomic E-state index is 0.185. The number of nitrogens with zero attached hydrogens (tertiary/aromatic N) is 2. The molecule has 2 heterocycles. The van der Waals surface area contributed by atoms with Gasteiger partial charge in [-0.25, -0.2) is 9.31 Å². The van der Waals surface area contributed by atoms with Crippen molar-refractivity contribution < 1.29 is 9.53 Å². The van der Waals surface area contributed by atoms with Gasteiger partial charge in [-0.3, -0.25) is 4.79 Å². The SMILES string of the molecule is Cc1nn2c(-c3ccc(Cl)cc3OC(=O)[C@@H](N)CCCCN)cc(=O)[nH]c2c1-c1ccc(Cl)cc1. The summed E-state index contributed by atoms with van der Waals surface area (Å²) in [6.07, 6.45) is 1.93. The Morgan fingerprint density at radius 2 is 1.83 bits per heavy atom. The number of hydrogen-bond acceptors (Lipinski definition) is 6. The van der Waals surface area contributed by atoms with Gasteiger partial charge in [-0.2, -0.15) is 5.10 Å². The number of unbranched alkanes of at least 4 members (excludes halogenated alkanes) is 1. The number of carbonyl (C=O) groups is 1. The van der Waals surface area contributed by atoms with Gasteiger partial charge < -0.3 is 21.2 Å². The number of ether oxygens (including phenoxy) is 1. The molecule has 2 aromatic heterocycles. The lowest BCUT2D eigenvalue weighted by Crippen LogP contribution is -2.34. The van der Waals surface area contributed by atoms with Gasteiger partial charge in [-0.05, 0) is 56.1 Å². The van der Waals surface area contributed by atoms with E-state index in [2.05, 4.69) is 10.1 Å². The molecule has 8 nitrogen and oxygen atoms in total. The molecule has 0 amide bonds. The molecule has 2 aromatic carbocycles. The molecule has 182 valence electrons. The standard InChI is InChI=1S/C25H25Cl2N5O3/c1-14-23(15-5-7-16(26)8-6-15)24-30-22(33)13-20(32(24)31-14)18-10-9-17(27)12-21(18)35-25(34)19(29)4-2-3-11-28/h5-10,12-13,19H,2-4,11,28-29H2,1H3,(H,30,33)/t19-/m0/s1. The number of esters is 1. The second kappa shape index (κ2) is 10.6. The van der Waals surface area contributed by atoms with E-state index in [0.717, 1.165) is 17.5 Å². The van der Waals surface area contributed by atoms with Gasteiger partial charge in [0.25, 0.3) is 5.56 Å². The minimum Gasteiger partial charge on any atom is -0.425 e. The molecule has 0 radical (unpaired) electrons. The molecule has 0 saturated carbocycles. The molecule has 0 spiro atoms. The van der Waals surface area contributed by atoms with Crippen molar-refractivity contribution in [3.63, 3.8) is 0 Å². The highest BCUT2D eigenvalue weighted by molar-refractivity contribution is 6.31. The molecular weight excluding hydrogens is 489 g/mol. The van der Waals surface area contributed by atoms with Crippen molar-refractivity contribution in [2.24, 2.45) is 11.5 Å². The number of rotatable bonds is 8. The van der Waals surface area contributed by atoms with E-state index in [1.165, 1.54) is 12.1 Å². The molecule has 10 heteroatoms. The number of carbonyl (C=O) groups excluding carboxylic acids is 1. The van der Waals surface area contributed by atoms with Gasteiger partial charge in [0.15, 0.2) is 0 Å². The summed E-state index contributed by atoms with van der Waals surface area (Å²) in [5.74, 6) is -0.407. The number of fused-ring (bicyclic) bond motifs is 1. The first-order valence-corrected chi connectivity index (χ1v) is 11.9. The van der Waals surface area contributed by atoms with E-state index >= 15 is 0 Å². The maximum Gasteiger partial charge on any atom is 0.328 e. The molecule has 0 fully saturated rings. The molecule has 1 atom stereocenters. The van der Waals surface area contributed by atoms with Crippen LogP contribution in [-0.2, 0) is 4.79 Å². The van der Waals surface area contributed by atoms with E-state index in [1.54, 1.807) is 28.8 Å². The molecule has 0 aliphatic rings. The first-order valence-electron chi connectivity index (χ1n) is 11.1. The van der Waals surface area contributed by atoms with Crippen LogP contribution in [0.4, 0.5) is 0 Å². The molecule has 0 aliphatic carbocycles. The van der Waals surface area contributed by atoms with Crippen LogP contribution in [0.2, 0.25) is 10.0 Å². The van der Waals surface area contributed by atoms with Crippen molar-refractivity contribution in [2.45, 2.75) is 32.2 Å². The predicted molar refractivity (Wildman–Crippen MR) is 138 cm³/mol. The molecule has 35 heavy (non-hydrogen) atoms. The normalized spacial score (nSPS) is 12.1. The summed E-state index contributed by atoms with van der Waals surface area (Å²) in [7, 11) is 0. The van der Waals surface area contributed by atoms with E-state index in [9.17, 15) is 9.59 Å². The molecule has 0 saturated heterocycles. The second-order valence-electron chi connectivity index (χ2n) is 8.20. The number of benzene rings is 2. The average Bonchev–Trinajstić information content (AvgIpc) is 3.15. The van der Waals surface area contributed by atoms with E-state index < -0.39 is 12.0 Å². The van der Waals surface area contributed by atoms with Crippen molar-refractivity contribution in [3.8, 4) is 28.1 Å². The fourth-order valence-electron chi connectivity index (χ4n) is 3.91. The number of nitrogens with two attached hydrogens (primary N) is 2. The highest BCUT2D eigenvalue weighted by Crippen LogP contribution is 2.35. The number of H-pyrrole nitrogens is 1. The van der Waals surface area contributed by atoms with E-state index in [1.807, 2.05) is 19.1 Å². The van der Waals surface area contributed by atoms with Gasteiger partial charge >= 0.3 is 5.97 Å². The van der Waals surface area contributed by atoms with Crippen LogP contribution >= 0.6 is 23.2 Å². The van der Waals surface area contributed by atoms with Crippen LogP contribution in [0, 0.1) is 6.92 Å². The van der Waals surface area contributed by atoms with Crippen LogP contribution < -0.4 is 21.8 Å². The Kier molecular flexibility index (Phi) is 7.57. The van der Waals surface area contributed by atoms with E-state index in [0.29, 0.717) is 52.0 Å². The molecule has 0 aliphatic heterocycles. The number of halogens is 2. The third kappa shape index (κ3) is 5.41. The summed E-state index contributed by atoms with van der Waals surface area (Å²) in [5.41, 5.74) is 14.9. The summed E-state index contributed by atoms with van der Waals surface area (Å²) in [5, 5.41) is 5.63. The highest BCUT2D eigenvalue weighted by atomic mass is 35.5. The highest BCUT2D eigenvalue weighted by Gasteiger charge is 2.22.